The Morgan fingerprint density at radius 1 is 1.00 bits per heavy atom. The van der Waals surface area contributed by atoms with Gasteiger partial charge in [0, 0.05) is 0 Å². The molecule has 0 unspecified atom stereocenters. The second-order valence-electron chi connectivity index (χ2n) is 3.27. The van der Waals surface area contributed by atoms with Crippen molar-refractivity contribution in [2.75, 3.05) is 0 Å². The van der Waals surface area contributed by atoms with Crippen LogP contribution < -0.4 is 0 Å². The third-order valence-electron chi connectivity index (χ3n) is 2.51. The fraction of sp³-hybridized carbons (Fsp3) is 0.273. The van der Waals surface area contributed by atoms with Gasteiger partial charge in [0.15, 0.2) is 0 Å². The van der Waals surface area contributed by atoms with E-state index in [1.54, 1.807) is 7.76 Å². The normalized spacial score (nSPS) is 19.8. The molecule has 0 saturated heterocycles. The summed E-state index contributed by atoms with van der Waals surface area (Å²) < 4.78 is 3.45. The van der Waals surface area contributed by atoms with Crippen LogP contribution in [-0.2, 0) is 17.9 Å². The van der Waals surface area contributed by atoms with Crippen molar-refractivity contribution in [1.29, 1.82) is 0 Å². The van der Waals surface area contributed by atoms with Crippen LogP contribution in [0.2, 0.25) is 5.23 Å². The van der Waals surface area contributed by atoms with E-state index in [0.717, 1.165) is 0 Å². The van der Waals surface area contributed by atoms with Gasteiger partial charge in [-0.05, 0) is 0 Å². The average Bonchev–Trinajstić information content (AvgIpc) is 2.77. The Kier molecular flexibility index (Phi) is 2.48. The Labute approximate surface area is 80.2 Å². The molecule has 0 amide bonds. The zero-order chi connectivity index (χ0) is 8.39. The van der Waals surface area contributed by atoms with E-state index in [1.165, 1.54) is 12.8 Å². The zero-order valence-electron chi connectivity index (χ0n) is 7.38. The van der Waals surface area contributed by atoms with E-state index in [0.29, 0.717) is 0 Å². The topological polar surface area (TPSA) is 0 Å². The molecule has 0 aliphatic heterocycles. The molecule has 2 rings (SSSR count). The maximum absolute atomic E-state index is 2.47. The van der Waals surface area contributed by atoms with Gasteiger partial charge in [-0.25, -0.2) is 0 Å². The summed E-state index contributed by atoms with van der Waals surface area (Å²) in [4.78, 5) is 0. The third kappa shape index (κ3) is 1.55. The Balaban J connectivity index is 2.05. The first-order chi connectivity index (χ1) is 5.88. The van der Waals surface area contributed by atoms with E-state index in [2.05, 4.69) is 41.7 Å². The van der Waals surface area contributed by atoms with Gasteiger partial charge in [-0.1, -0.05) is 0 Å². The number of hydrogen-bond donors (Lipinski definition) is 0. The van der Waals surface area contributed by atoms with E-state index >= 15 is 0 Å². The van der Waals surface area contributed by atoms with Gasteiger partial charge in [-0.2, -0.15) is 0 Å². The van der Waals surface area contributed by atoms with E-state index in [9.17, 15) is 0 Å². The first kappa shape index (κ1) is 8.28. The summed E-state index contributed by atoms with van der Waals surface area (Å²) in [6, 6.07) is 0. The molecule has 0 heterocycles. The quantitative estimate of drug-likeness (QED) is 0.590. The van der Waals surface area contributed by atoms with Gasteiger partial charge < -0.3 is 0 Å². The van der Waals surface area contributed by atoms with Crippen LogP contribution in [0.4, 0.5) is 0 Å². The van der Waals surface area contributed by atoms with Gasteiger partial charge in [0.05, 0.1) is 0 Å². The minimum atomic E-state index is -0.981. The molecule has 1 heteroatoms. The number of rotatable bonds is 2. The first-order valence-electron chi connectivity index (χ1n) is 4.43. The predicted molar refractivity (Wildman–Crippen MR) is 49.5 cm³/mol. The minimum absolute atomic E-state index is 0.981. The zero-order valence-corrected chi connectivity index (χ0v) is 8.94. The molecule has 0 aromatic heterocycles. The van der Waals surface area contributed by atoms with Crippen molar-refractivity contribution >= 4 is 0 Å². The van der Waals surface area contributed by atoms with Crippen LogP contribution in [0, 0.1) is 0 Å². The van der Waals surface area contributed by atoms with E-state index < -0.39 is 17.9 Å². The molecule has 2 aliphatic carbocycles. The molecule has 2 aliphatic rings. The third-order valence-corrected chi connectivity index (χ3v) is 6.67. The summed E-state index contributed by atoms with van der Waals surface area (Å²) in [6.07, 6.45) is 16.1. The van der Waals surface area contributed by atoms with E-state index in [1.807, 2.05) is 0 Å². The molecular formula is C11H13Ti. The average molecular weight is 193 g/mol. The van der Waals surface area contributed by atoms with Gasteiger partial charge in [-0.3, -0.25) is 0 Å². The summed E-state index contributed by atoms with van der Waals surface area (Å²) in [5.74, 6) is 0. The molecule has 0 bridgehead atoms. The number of allylic oxidation sites excluding steroid dienone is 8. The van der Waals surface area contributed by atoms with Gasteiger partial charge in [-0.15, -0.1) is 0 Å². The first-order valence-corrected chi connectivity index (χ1v) is 7.56. The standard InChI is InChI=1S/2C5H5.CH3.Ti/c2*1-2-4-5-3-1;;/h2*1-3H,4H2;1H3;. The Morgan fingerprint density at radius 3 is 1.83 bits per heavy atom. The van der Waals surface area contributed by atoms with Crippen molar-refractivity contribution in [3.8, 4) is 0 Å². The molecule has 0 spiro atoms. The summed E-state index contributed by atoms with van der Waals surface area (Å²) in [6.45, 7) is 0. The van der Waals surface area contributed by atoms with Crippen LogP contribution in [0.15, 0.2) is 44.2 Å². The van der Waals surface area contributed by atoms with Crippen LogP contribution in [-0.4, -0.2) is 0 Å². The van der Waals surface area contributed by atoms with Gasteiger partial charge in [0.1, 0.15) is 0 Å². The van der Waals surface area contributed by atoms with Crippen LogP contribution in [0.1, 0.15) is 12.8 Å². The number of hydrogen-bond acceptors (Lipinski definition) is 0. The molecule has 61 valence electrons. The van der Waals surface area contributed by atoms with Crippen LogP contribution >= 0.6 is 0 Å². The molecule has 0 radical (unpaired) electrons. The SMILES string of the molecule is [CH3][Ti]([C]1=CC=CC1)[C]1=CC=CC1. The molecule has 0 N–H and O–H groups in total. The predicted octanol–water partition coefficient (Wildman–Crippen LogP) is 3.34. The molecule has 0 aromatic carbocycles. The molecule has 0 nitrogen and oxygen atoms in total. The fourth-order valence-corrected chi connectivity index (χ4v) is 4.71. The van der Waals surface area contributed by atoms with Crippen molar-refractivity contribution < 1.29 is 17.9 Å². The Hall–Kier alpha value is -0.326. The molecule has 0 aromatic rings. The second kappa shape index (κ2) is 3.59. The van der Waals surface area contributed by atoms with E-state index in [-0.39, 0.29) is 0 Å². The van der Waals surface area contributed by atoms with Crippen molar-refractivity contribution in [2.45, 2.75) is 18.1 Å². The van der Waals surface area contributed by atoms with Gasteiger partial charge in [0.2, 0.25) is 0 Å². The van der Waals surface area contributed by atoms with Crippen LogP contribution in [0.25, 0.3) is 0 Å². The fourth-order valence-electron chi connectivity index (χ4n) is 1.66. The molecular weight excluding hydrogens is 180 g/mol. The maximum atomic E-state index is 2.47. The molecule has 12 heavy (non-hydrogen) atoms. The molecule has 0 atom stereocenters. The second-order valence-corrected chi connectivity index (χ2v) is 7.23. The van der Waals surface area contributed by atoms with E-state index in [4.69, 9.17) is 0 Å². The van der Waals surface area contributed by atoms with Gasteiger partial charge >= 0.3 is 80.2 Å². The van der Waals surface area contributed by atoms with Crippen molar-refractivity contribution in [3.63, 3.8) is 0 Å². The summed E-state index contributed by atoms with van der Waals surface area (Å²) in [7, 11) is 0. The summed E-state index contributed by atoms with van der Waals surface area (Å²) in [5, 5.41) is 2.47. The molecule has 0 saturated carbocycles. The Morgan fingerprint density at radius 2 is 1.50 bits per heavy atom. The summed E-state index contributed by atoms with van der Waals surface area (Å²) in [5.41, 5.74) is 0. The molecule has 0 fully saturated rings. The monoisotopic (exact) mass is 193 g/mol. The van der Waals surface area contributed by atoms with Crippen LogP contribution in [0.5, 0.6) is 0 Å². The van der Waals surface area contributed by atoms with Crippen molar-refractivity contribution in [2.24, 2.45) is 0 Å². The van der Waals surface area contributed by atoms with Gasteiger partial charge in [0.25, 0.3) is 0 Å². The Bertz CT molecular complexity index is 262. The van der Waals surface area contributed by atoms with Crippen molar-refractivity contribution in [3.05, 3.63) is 44.2 Å². The van der Waals surface area contributed by atoms with Crippen LogP contribution in [0.3, 0.4) is 0 Å². The van der Waals surface area contributed by atoms with Crippen molar-refractivity contribution in [1.82, 2.24) is 0 Å². The summed E-state index contributed by atoms with van der Waals surface area (Å²) >= 11 is -0.981.